The summed E-state index contributed by atoms with van der Waals surface area (Å²) in [5.74, 6) is -1.96. The quantitative estimate of drug-likeness (QED) is 0.838. The molecule has 1 atom stereocenters. The molecule has 0 bridgehead atoms. The van der Waals surface area contributed by atoms with E-state index >= 15 is 0 Å². The Morgan fingerprint density at radius 2 is 2.14 bits per heavy atom. The Bertz CT molecular complexity index is 556. The van der Waals surface area contributed by atoms with Crippen LogP contribution in [0.5, 0.6) is 0 Å². The average Bonchev–Trinajstić information content (AvgIpc) is 2.53. The number of rotatable bonds is 3. The third-order valence-corrected chi connectivity index (χ3v) is 3.53. The minimum Gasteiger partial charge on any atom is -0.481 e. The second-order valence-electron chi connectivity index (χ2n) is 4.94. The fourth-order valence-corrected chi connectivity index (χ4v) is 2.33. The van der Waals surface area contributed by atoms with E-state index in [2.05, 4.69) is 10.3 Å². The number of nitrogens with one attached hydrogen (secondary N) is 1. The van der Waals surface area contributed by atoms with Gasteiger partial charge in [-0.2, -0.15) is 0 Å². The molecule has 1 fully saturated rings. The molecule has 1 aliphatic heterocycles. The molecule has 0 spiro atoms. The van der Waals surface area contributed by atoms with Gasteiger partial charge in [-0.1, -0.05) is 0 Å². The van der Waals surface area contributed by atoms with Gasteiger partial charge in [-0.25, -0.2) is 0 Å². The molecular weight excluding hydrogens is 274 g/mol. The first-order valence-corrected chi connectivity index (χ1v) is 6.73. The third kappa shape index (κ3) is 3.36. The molecule has 2 rings (SSSR count). The first kappa shape index (κ1) is 15.0. The normalized spacial score (nSPS) is 18.1. The van der Waals surface area contributed by atoms with Gasteiger partial charge in [0, 0.05) is 26.3 Å². The number of likely N-dealkylation sites (tertiary alicyclic amines) is 1. The Morgan fingerprint density at radius 3 is 2.71 bits per heavy atom. The standard InChI is InChI=1S/C14H17N3O4/c1-15-12(18)11-5-4-9(7-16-11)13(19)17-6-2-3-10(8-17)14(20)21/h4-5,7,10H,2-3,6,8H2,1H3,(H,15,18)(H,20,21)/t10-/m0/s1. The van der Waals surface area contributed by atoms with E-state index in [0.717, 1.165) is 0 Å². The highest BCUT2D eigenvalue weighted by Crippen LogP contribution is 2.18. The summed E-state index contributed by atoms with van der Waals surface area (Å²) in [6.07, 6.45) is 2.61. The van der Waals surface area contributed by atoms with Crippen LogP contribution in [0.4, 0.5) is 0 Å². The number of carbonyl (C=O) groups is 3. The zero-order chi connectivity index (χ0) is 15.4. The number of hydrogen-bond acceptors (Lipinski definition) is 4. The van der Waals surface area contributed by atoms with Crippen LogP contribution in [0.25, 0.3) is 0 Å². The van der Waals surface area contributed by atoms with E-state index in [1.165, 1.54) is 30.3 Å². The predicted molar refractivity (Wildman–Crippen MR) is 73.9 cm³/mol. The lowest BCUT2D eigenvalue weighted by atomic mass is 9.98. The molecule has 0 radical (unpaired) electrons. The molecule has 7 nitrogen and oxygen atoms in total. The highest BCUT2D eigenvalue weighted by atomic mass is 16.4. The van der Waals surface area contributed by atoms with E-state index < -0.39 is 11.9 Å². The van der Waals surface area contributed by atoms with E-state index in [4.69, 9.17) is 5.11 Å². The lowest BCUT2D eigenvalue weighted by molar-refractivity contribution is -0.143. The van der Waals surface area contributed by atoms with Crippen molar-refractivity contribution in [2.45, 2.75) is 12.8 Å². The molecule has 0 aliphatic carbocycles. The van der Waals surface area contributed by atoms with Crippen molar-refractivity contribution in [2.24, 2.45) is 5.92 Å². The van der Waals surface area contributed by atoms with Gasteiger partial charge in [0.2, 0.25) is 0 Å². The number of piperidine rings is 1. The number of nitrogens with zero attached hydrogens (tertiary/aromatic N) is 2. The smallest absolute Gasteiger partial charge is 0.308 e. The number of hydrogen-bond donors (Lipinski definition) is 2. The van der Waals surface area contributed by atoms with Crippen molar-refractivity contribution in [1.29, 1.82) is 0 Å². The van der Waals surface area contributed by atoms with Crippen LogP contribution in [-0.2, 0) is 4.79 Å². The number of carboxylic acid groups (broad SMARTS) is 1. The van der Waals surface area contributed by atoms with Crippen LogP contribution >= 0.6 is 0 Å². The number of aliphatic carboxylic acids is 1. The monoisotopic (exact) mass is 291 g/mol. The molecule has 0 unspecified atom stereocenters. The maximum absolute atomic E-state index is 12.3. The number of amides is 2. The summed E-state index contributed by atoms with van der Waals surface area (Å²) in [7, 11) is 1.50. The van der Waals surface area contributed by atoms with Gasteiger partial charge in [0.25, 0.3) is 11.8 Å². The van der Waals surface area contributed by atoms with Crippen LogP contribution < -0.4 is 5.32 Å². The Labute approximate surface area is 122 Å². The lowest BCUT2D eigenvalue weighted by Gasteiger charge is -2.30. The van der Waals surface area contributed by atoms with E-state index in [9.17, 15) is 14.4 Å². The molecule has 7 heteroatoms. The van der Waals surface area contributed by atoms with Crippen molar-refractivity contribution < 1.29 is 19.5 Å². The second kappa shape index (κ2) is 6.34. The first-order chi connectivity index (χ1) is 10.0. The number of pyridine rings is 1. The van der Waals surface area contributed by atoms with Crippen LogP contribution in [0.2, 0.25) is 0 Å². The molecule has 112 valence electrons. The van der Waals surface area contributed by atoms with Crippen LogP contribution in [0.3, 0.4) is 0 Å². The molecule has 1 saturated heterocycles. The molecule has 2 heterocycles. The summed E-state index contributed by atoms with van der Waals surface area (Å²) in [4.78, 5) is 40.2. The molecule has 1 aromatic heterocycles. The molecule has 0 saturated carbocycles. The minimum atomic E-state index is -0.874. The Kier molecular flexibility index (Phi) is 4.52. The van der Waals surface area contributed by atoms with Gasteiger partial charge in [0.1, 0.15) is 5.69 Å². The summed E-state index contributed by atoms with van der Waals surface area (Å²) in [5.41, 5.74) is 0.588. The van der Waals surface area contributed by atoms with Gasteiger partial charge in [-0.05, 0) is 25.0 Å². The van der Waals surface area contributed by atoms with Crippen molar-refractivity contribution in [3.63, 3.8) is 0 Å². The molecular formula is C14H17N3O4. The van der Waals surface area contributed by atoms with Gasteiger partial charge < -0.3 is 15.3 Å². The summed E-state index contributed by atoms with van der Waals surface area (Å²) in [6.45, 7) is 0.755. The largest absolute Gasteiger partial charge is 0.481 e. The molecule has 0 aromatic carbocycles. The molecule has 2 N–H and O–H groups in total. The van der Waals surface area contributed by atoms with Gasteiger partial charge in [0.05, 0.1) is 11.5 Å². The zero-order valence-corrected chi connectivity index (χ0v) is 11.7. The van der Waals surface area contributed by atoms with Crippen LogP contribution in [-0.4, -0.2) is 52.9 Å². The van der Waals surface area contributed by atoms with Gasteiger partial charge >= 0.3 is 5.97 Å². The summed E-state index contributed by atoms with van der Waals surface area (Å²) < 4.78 is 0. The highest BCUT2D eigenvalue weighted by Gasteiger charge is 2.28. The van der Waals surface area contributed by atoms with Crippen molar-refractivity contribution >= 4 is 17.8 Å². The van der Waals surface area contributed by atoms with Gasteiger partial charge in [0.15, 0.2) is 0 Å². The Morgan fingerprint density at radius 1 is 1.38 bits per heavy atom. The van der Waals surface area contributed by atoms with Crippen LogP contribution in [0.1, 0.15) is 33.7 Å². The first-order valence-electron chi connectivity index (χ1n) is 6.73. The Balaban J connectivity index is 2.09. The molecule has 1 aromatic rings. The van der Waals surface area contributed by atoms with Crippen molar-refractivity contribution in [3.8, 4) is 0 Å². The van der Waals surface area contributed by atoms with E-state index in [1.807, 2.05) is 0 Å². The number of carboxylic acids is 1. The number of carbonyl (C=O) groups excluding carboxylic acids is 2. The van der Waals surface area contributed by atoms with Gasteiger partial charge in [-0.3, -0.25) is 19.4 Å². The summed E-state index contributed by atoms with van der Waals surface area (Å²) in [6, 6.07) is 3.01. The molecule has 2 amide bonds. The lowest BCUT2D eigenvalue weighted by Crippen LogP contribution is -2.42. The Hall–Kier alpha value is -2.44. The van der Waals surface area contributed by atoms with Crippen molar-refractivity contribution in [1.82, 2.24) is 15.2 Å². The maximum atomic E-state index is 12.3. The fourth-order valence-electron chi connectivity index (χ4n) is 2.33. The van der Waals surface area contributed by atoms with E-state index in [1.54, 1.807) is 0 Å². The van der Waals surface area contributed by atoms with Crippen molar-refractivity contribution in [2.75, 3.05) is 20.1 Å². The SMILES string of the molecule is CNC(=O)c1ccc(C(=O)N2CCC[C@H](C(=O)O)C2)cn1. The fraction of sp³-hybridized carbons (Fsp3) is 0.429. The average molecular weight is 291 g/mol. The third-order valence-electron chi connectivity index (χ3n) is 3.53. The number of aromatic nitrogens is 1. The van der Waals surface area contributed by atoms with Crippen LogP contribution in [0, 0.1) is 5.92 Å². The predicted octanol–water partition coefficient (Wildman–Crippen LogP) is 0.378. The topological polar surface area (TPSA) is 99.6 Å². The molecule has 1 aliphatic rings. The highest BCUT2D eigenvalue weighted by molar-refractivity contribution is 5.96. The van der Waals surface area contributed by atoms with Gasteiger partial charge in [-0.15, -0.1) is 0 Å². The van der Waals surface area contributed by atoms with Crippen LogP contribution in [0.15, 0.2) is 18.3 Å². The van der Waals surface area contributed by atoms with E-state index in [0.29, 0.717) is 24.9 Å². The molecule has 21 heavy (non-hydrogen) atoms. The van der Waals surface area contributed by atoms with E-state index in [-0.39, 0.29) is 24.1 Å². The maximum Gasteiger partial charge on any atom is 0.308 e. The second-order valence-corrected chi connectivity index (χ2v) is 4.94. The van der Waals surface area contributed by atoms with Crippen molar-refractivity contribution in [3.05, 3.63) is 29.6 Å². The zero-order valence-electron chi connectivity index (χ0n) is 11.7. The summed E-state index contributed by atoms with van der Waals surface area (Å²) in [5, 5.41) is 11.5. The minimum absolute atomic E-state index is 0.214. The summed E-state index contributed by atoms with van der Waals surface area (Å²) >= 11 is 0.